The van der Waals surface area contributed by atoms with Crippen LogP contribution in [0.15, 0.2) is 66.7 Å². The van der Waals surface area contributed by atoms with E-state index in [2.05, 4.69) is 53.3 Å². The Hall–Kier alpha value is -4.13. The highest BCUT2D eigenvalue weighted by Crippen LogP contribution is 2.28. The number of rotatable bonds is 11. The lowest BCUT2D eigenvalue weighted by atomic mass is 9.98. The number of urea groups is 1. The van der Waals surface area contributed by atoms with E-state index in [1.807, 2.05) is 63.2 Å². The first-order valence-corrected chi connectivity index (χ1v) is 14.6. The molecule has 3 aromatic carbocycles. The van der Waals surface area contributed by atoms with Gasteiger partial charge in [-0.15, -0.1) is 0 Å². The van der Waals surface area contributed by atoms with E-state index in [-0.39, 0.29) is 12.0 Å². The molecule has 0 aliphatic heterocycles. The summed E-state index contributed by atoms with van der Waals surface area (Å²) in [5, 5.41) is 5.82. The van der Waals surface area contributed by atoms with Crippen LogP contribution in [0.3, 0.4) is 0 Å². The second kappa shape index (κ2) is 13.5. The Bertz CT molecular complexity index is 1480. The fraction of sp³-hybridized carbons (Fsp3) is 0.382. The lowest BCUT2D eigenvalue weighted by Gasteiger charge is -2.20. The number of unbranched alkanes of at least 4 members (excludes halogenated alkanes) is 2. The maximum Gasteiger partial charge on any atom is 0.339 e. The highest BCUT2D eigenvalue weighted by Gasteiger charge is 2.21. The van der Waals surface area contributed by atoms with E-state index in [1.54, 1.807) is 0 Å². The summed E-state index contributed by atoms with van der Waals surface area (Å²) in [6.45, 7) is 11.2. The number of carbonyl (C=O) groups excluding carboxylic acids is 2. The predicted octanol–water partition coefficient (Wildman–Crippen LogP) is 7.97. The summed E-state index contributed by atoms with van der Waals surface area (Å²) in [5.74, 6) is 0.709. The molecule has 1 aromatic heterocycles. The SMILES string of the molecule is CCCCNC(=O)Nc1ccc2c(c1)nc(CCCC)n2Cc1ccc(-c2ccccc2C(=O)OC(C)(C)C)cc1. The molecule has 216 valence electrons. The summed E-state index contributed by atoms with van der Waals surface area (Å²) in [5.41, 5.74) is 5.58. The van der Waals surface area contributed by atoms with Crippen molar-refractivity contribution in [2.24, 2.45) is 0 Å². The van der Waals surface area contributed by atoms with Crippen LogP contribution in [0.25, 0.3) is 22.2 Å². The third-order valence-electron chi connectivity index (χ3n) is 6.81. The van der Waals surface area contributed by atoms with Crippen molar-refractivity contribution in [2.75, 3.05) is 11.9 Å². The molecule has 1 heterocycles. The van der Waals surface area contributed by atoms with Gasteiger partial charge in [0.15, 0.2) is 0 Å². The second-order valence-corrected chi connectivity index (χ2v) is 11.4. The van der Waals surface area contributed by atoms with E-state index in [0.717, 1.165) is 71.3 Å². The van der Waals surface area contributed by atoms with Crippen molar-refractivity contribution in [1.82, 2.24) is 14.9 Å². The Morgan fingerprint density at radius 1 is 0.927 bits per heavy atom. The van der Waals surface area contributed by atoms with Crippen molar-refractivity contribution < 1.29 is 14.3 Å². The fourth-order valence-corrected chi connectivity index (χ4v) is 4.73. The van der Waals surface area contributed by atoms with Crippen molar-refractivity contribution in [3.05, 3.63) is 83.7 Å². The smallest absolute Gasteiger partial charge is 0.339 e. The van der Waals surface area contributed by atoms with Gasteiger partial charge in [0.05, 0.1) is 16.6 Å². The van der Waals surface area contributed by atoms with Crippen LogP contribution >= 0.6 is 0 Å². The Kier molecular flexibility index (Phi) is 9.82. The molecule has 0 saturated heterocycles. The van der Waals surface area contributed by atoms with Crippen LogP contribution in [0.5, 0.6) is 0 Å². The maximum atomic E-state index is 12.9. The van der Waals surface area contributed by atoms with E-state index >= 15 is 0 Å². The zero-order valence-electron chi connectivity index (χ0n) is 24.9. The monoisotopic (exact) mass is 554 g/mol. The number of amides is 2. The van der Waals surface area contributed by atoms with Crippen LogP contribution in [0.1, 0.15) is 82.0 Å². The minimum atomic E-state index is -0.561. The van der Waals surface area contributed by atoms with E-state index in [9.17, 15) is 9.59 Å². The van der Waals surface area contributed by atoms with Crippen LogP contribution in [0.4, 0.5) is 10.5 Å². The van der Waals surface area contributed by atoms with Gasteiger partial charge in [-0.3, -0.25) is 0 Å². The first kappa shape index (κ1) is 29.8. The fourth-order valence-electron chi connectivity index (χ4n) is 4.73. The Balaban J connectivity index is 1.57. The number of esters is 1. The van der Waals surface area contributed by atoms with E-state index in [4.69, 9.17) is 9.72 Å². The van der Waals surface area contributed by atoms with E-state index in [1.165, 1.54) is 0 Å². The molecule has 7 heteroatoms. The topological polar surface area (TPSA) is 85.3 Å². The maximum absolute atomic E-state index is 12.9. The summed E-state index contributed by atoms with van der Waals surface area (Å²) in [7, 11) is 0. The normalized spacial score (nSPS) is 11.4. The molecule has 2 amide bonds. The number of nitrogens with zero attached hydrogens (tertiary/aromatic N) is 2. The van der Waals surface area contributed by atoms with Crippen molar-refractivity contribution in [3.63, 3.8) is 0 Å². The molecule has 2 N–H and O–H groups in total. The van der Waals surface area contributed by atoms with Crippen molar-refractivity contribution in [2.45, 2.75) is 78.9 Å². The van der Waals surface area contributed by atoms with Crippen LogP contribution in [-0.2, 0) is 17.7 Å². The van der Waals surface area contributed by atoms with Crippen LogP contribution in [0.2, 0.25) is 0 Å². The molecule has 0 radical (unpaired) electrons. The third kappa shape index (κ3) is 7.97. The zero-order valence-corrected chi connectivity index (χ0v) is 24.9. The minimum Gasteiger partial charge on any atom is -0.456 e. The van der Waals surface area contributed by atoms with E-state index in [0.29, 0.717) is 18.7 Å². The van der Waals surface area contributed by atoms with Crippen LogP contribution in [0, 0.1) is 0 Å². The van der Waals surface area contributed by atoms with Crippen molar-refractivity contribution >= 4 is 28.7 Å². The largest absolute Gasteiger partial charge is 0.456 e. The van der Waals surface area contributed by atoms with Gasteiger partial charge in [0.25, 0.3) is 0 Å². The predicted molar refractivity (Wildman–Crippen MR) is 166 cm³/mol. The van der Waals surface area contributed by atoms with Gasteiger partial charge in [-0.25, -0.2) is 14.6 Å². The molecule has 0 saturated carbocycles. The third-order valence-corrected chi connectivity index (χ3v) is 6.81. The number of fused-ring (bicyclic) bond motifs is 1. The average Bonchev–Trinajstić information content (AvgIpc) is 3.27. The molecule has 0 aliphatic carbocycles. The summed E-state index contributed by atoms with van der Waals surface area (Å²) >= 11 is 0. The number of aryl methyl sites for hydroxylation is 1. The Morgan fingerprint density at radius 2 is 1.66 bits per heavy atom. The number of hydrogen-bond donors (Lipinski definition) is 2. The molecule has 0 spiro atoms. The molecular formula is C34H42N4O3. The number of nitrogens with one attached hydrogen (secondary N) is 2. The molecule has 41 heavy (non-hydrogen) atoms. The minimum absolute atomic E-state index is 0.197. The van der Waals surface area contributed by atoms with Gasteiger partial charge in [-0.05, 0) is 74.6 Å². The average molecular weight is 555 g/mol. The van der Waals surface area contributed by atoms with Gasteiger partial charge in [0.1, 0.15) is 11.4 Å². The first-order valence-electron chi connectivity index (χ1n) is 14.6. The molecule has 4 aromatic rings. The molecular weight excluding hydrogens is 512 g/mol. The lowest BCUT2D eigenvalue weighted by Crippen LogP contribution is -2.29. The molecule has 0 fully saturated rings. The van der Waals surface area contributed by atoms with Crippen LogP contribution in [-0.4, -0.2) is 33.7 Å². The number of aromatic nitrogens is 2. The number of hydrogen-bond acceptors (Lipinski definition) is 4. The number of imidazole rings is 1. The standard InChI is InChI=1S/C34H42N4O3/c1-6-8-14-31-37-29-22-26(36-33(40)35-21-9-7-2)19-20-30(29)38(31)23-24-15-17-25(18-16-24)27-12-10-11-13-28(27)32(39)41-34(3,4)5/h10-13,15-20,22H,6-9,14,21,23H2,1-5H3,(H2,35,36,40). The summed E-state index contributed by atoms with van der Waals surface area (Å²) in [6.07, 6.45) is 5.00. The molecule has 0 unspecified atom stereocenters. The van der Waals surface area contributed by atoms with Gasteiger partial charge in [0, 0.05) is 25.2 Å². The summed E-state index contributed by atoms with van der Waals surface area (Å²) in [6, 6.07) is 21.6. The van der Waals surface area contributed by atoms with Gasteiger partial charge in [-0.2, -0.15) is 0 Å². The van der Waals surface area contributed by atoms with Crippen molar-refractivity contribution in [3.8, 4) is 11.1 Å². The molecule has 7 nitrogen and oxygen atoms in total. The van der Waals surface area contributed by atoms with Crippen LogP contribution < -0.4 is 10.6 Å². The van der Waals surface area contributed by atoms with Gasteiger partial charge in [-0.1, -0.05) is 69.2 Å². The summed E-state index contributed by atoms with van der Waals surface area (Å²) < 4.78 is 7.91. The first-order chi connectivity index (χ1) is 19.7. The molecule has 4 rings (SSSR count). The van der Waals surface area contributed by atoms with Crippen molar-refractivity contribution in [1.29, 1.82) is 0 Å². The number of ether oxygens (including phenoxy) is 1. The zero-order chi connectivity index (χ0) is 29.4. The Morgan fingerprint density at radius 3 is 2.37 bits per heavy atom. The van der Waals surface area contributed by atoms with Gasteiger partial charge >= 0.3 is 12.0 Å². The lowest BCUT2D eigenvalue weighted by molar-refractivity contribution is 0.00704. The number of carbonyl (C=O) groups is 2. The molecule has 0 aliphatic rings. The molecule has 0 atom stereocenters. The summed E-state index contributed by atoms with van der Waals surface area (Å²) in [4.78, 5) is 30.1. The number of benzene rings is 3. The quantitative estimate of drug-likeness (QED) is 0.145. The van der Waals surface area contributed by atoms with E-state index < -0.39 is 5.60 Å². The van der Waals surface area contributed by atoms with Gasteiger partial charge < -0.3 is 19.9 Å². The number of anilines is 1. The molecule has 0 bridgehead atoms. The van der Waals surface area contributed by atoms with Gasteiger partial charge in [0.2, 0.25) is 0 Å². The highest BCUT2D eigenvalue weighted by molar-refractivity contribution is 5.97. The Labute approximate surface area is 243 Å². The highest BCUT2D eigenvalue weighted by atomic mass is 16.6. The second-order valence-electron chi connectivity index (χ2n) is 11.4.